The van der Waals surface area contributed by atoms with Crippen LogP contribution >= 0.6 is 0 Å². The zero-order valence-corrected chi connectivity index (χ0v) is 16.2. The van der Waals surface area contributed by atoms with Gasteiger partial charge in [0, 0.05) is 17.4 Å². The van der Waals surface area contributed by atoms with E-state index >= 15 is 0 Å². The Kier molecular flexibility index (Phi) is 5.80. The van der Waals surface area contributed by atoms with E-state index in [1.54, 1.807) is 24.3 Å². The van der Waals surface area contributed by atoms with Crippen molar-refractivity contribution in [3.63, 3.8) is 0 Å². The Bertz CT molecular complexity index is 1080. The van der Waals surface area contributed by atoms with Crippen LogP contribution in [0.3, 0.4) is 0 Å². The fourth-order valence-electron chi connectivity index (χ4n) is 3.22. The molecule has 0 atom stereocenters. The van der Waals surface area contributed by atoms with Crippen molar-refractivity contribution in [2.24, 2.45) is 0 Å². The highest BCUT2D eigenvalue weighted by Gasteiger charge is 2.27. The standard InChI is InChI=1S/C22H20N4O3/c1-14-9-17(15(2)26(14)19-7-8-19)10-18(12-24)22(28)29-13-21(27)25-20-6-4-3-5-16(20)11-23/h3-6,9-10,19H,7-8,13H2,1-2H3,(H,25,27)/b18-10+. The molecular formula is C22H20N4O3. The summed E-state index contributed by atoms with van der Waals surface area (Å²) in [4.78, 5) is 24.3. The van der Waals surface area contributed by atoms with Gasteiger partial charge in [0.2, 0.25) is 0 Å². The Morgan fingerprint density at radius 3 is 2.66 bits per heavy atom. The van der Waals surface area contributed by atoms with E-state index in [0.717, 1.165) is 29.8 Å². The number of hydrogen-bond acceptors (Lipinski definition) is 5. The first-order valence-corrected chi connectivity index (χ1v) is 9.21. The zero-order chi connectivity index (χ0) is 21.0. The Morgan fingerprint density at radius 2 is 2.00 bits per heavy atom. The highest BCUT2D eigenvalue weighted by atomic mass is 16.5. The lowest BCUT2D eigenvalue weighted by Crippen LogP contribution is -2.21. The van der Waals surface area contributed by atoms with E-state index in [0.29, 0.717) is 17.3 Å². The van der Waals surface area contributed by atoms with Gasteiger partial charge in [-0.25, -0.2) is 4.79 Å². The van der Waals surface area contributed by atoms with Crippen molar-refractivity contribution in [3.05, 3.63) is 58.4 Å². The molecule has 0 radical (unpaired) electrons. The van der Waals surface area contributed by atoms with Crippen LogP contribution < -0.4 is 5.32 Å². The lowest BCUT2D eigenvalue weighted by atomic mass is 10.1. The van der Waals surface area contributed by atoms with Crippen molar-refractivity contribution < 1.29 is 14.3 Å². The van der Waals surface area contributed by atoms with E-state index < -0.39 is 18.5 Å². The molecule has 146 valence electrons. The van der Waals surface area contributed by atoms with Crippen LogP contribution in [0.15, 0.2) is 35.9 Å². The van der Waals surface area contributed by atoms with Gasteiger partial charge in [-0.05, 0) is 56.5 Å². The lowest BCUT2D eigenvalue weighted by Gasteiger charge is -2.08. The number of para-hydroxylation sites is 1. The van der Waals surface area contributed by atoms with Gasteiger partial charge in [-0.2, -0.15) is 10.5 Å². The van der Waals surface area contributed by atoms with Crippen LogP contribution in [0.5, 0.6) is 0 Å². The Hall–Kier alpha value is -3.84. The molecule has 29 heavy (non-hydrogen) atoms. The Morgan fingerprint density at radius 1 is 1.28 bits per heavy atom. The first-order chi connectivity index (χ1) is 13.9. The van der Waals surface area contributed by atoms with Gasteiger partial charge in [0.1, 0.15) is 17.7 Å². The molecular weight excluding hydrogens is 368 g/mol. The summed E-state index contributed by atoms with van der Waals surface area (Å²) in [5.74, 6) is -1.46. The summed E-state index contributed by atoms with van der Waals surface area (Å²) >= 11 is 0. The molecule has 0 bridgehead atoms. The molecule has 7 nitrogen and oxygen atoms in total. The van der Waals surface area contributed by atoms with Gasteiger partial charge in [0.15, 0.2) is 6.61 Å². The van der Waals surface area contributed by atoms with Crippen molar-refractivity contribution in [3.8, 4) is 12.1 Å². The van der Waals surface area contributed by atoms with Crippen LogP contribution in [0, 0.1) is 36.5 Å². The molecule has 1 heterocycles. The number of nitrogens with zero attached hydrogens (tertiary/aromatic N) is 3. The maximum absolute atomic E-state index is 12.3. The largest absolute Gasteiger partial charge is 0.451 e. The number of aromatic nitrogens is 1. The second-order valence-corrected chi connectivity index (χ2v) is 6.88. The molecule has 2 aromatic rings. The number of carbonyl (C=O) groups is 2. The number of nitrogens with one attached hydrogen (secondary N) is 1. The fraction of sp³-hybridized carbons (Fsp3) is 0.273. The summed E-state index contributed by atoms with van der Waals surface area (Å²) in [7, 11) is 0. The summed E-state index contributed by atoms with van der Waals surface area (Å²) in [6.45, 7) is 3.40. The van der Waals surface area contributed by atoms with E-state index in [4.69, 9.17) is 10.00 Å². The number of esters is 1. The first-order valence-electron chi connectivity index (χ1n) is 9.21. The van der Waals surface area contributed by atoms with Crippen LogP contribution in [0.4, 0.5) is 5.69 Å². The number of nitriles is 2. The molecule has 1 aliphatic carbocycles. The predicted molar refractivity (Wildman–Crippen MR) is 107 cm³/mol. The smallest absolute Gasteiger partial charge is 0.349 e. The molecule has 0 spiro atoms. The fourth-order valence-corrected chi connectivity index (χ4v) is 3.22. The number of hydrogen-bond donors (Lipinski definition) is 1. The molecule has 7 heteroatoms. The normalized spacial score (nSPS) is 13.3. The Balaban J connectivity index is 1.65. The number of carbonyl (C=O) groups excluding carboxylic acids is 2. The highest BCUT2D eigenvalue weighted by Crippen LogP contribution is 2.38. The first kappa shape index (κ1) is 19.9. The molecule has 1 amide bonds. The van der Waals surface area contributed by atoms with Crippen LogP contribution in [0.1, 0.15) is 41.4 Å². The molecule has 1 saturated carbocycles. The van der Waals surface area contributed by atoms with Gasteiger partial charge in [-0.15, -0.1) is 0 Å². The maximum Gasteiger partial charge on any atom is 0.349 e. The number of benzene rings is 1. The van der Waals surface area contributed by atoms with Gasteiger partial charge in [-0.3, -0.25) is 4.79 Å². The third-order valence-electron chi connectivity index (χ3n) is 4.73. The van der Waals surface area contributed by atoms with E-state index in [2.05, 4.69) is 9.88 Å². The number of rotatable bonds is 6. The molecule has 1 aromatic carbocycles. The maximum atomic E-state index is 12.3. The molecule has 0 aliphatic heterocycles. The molecule has 1 N–H and O–H groups in total. The highest BCUT2D eigenvalue weighted by molar-refractivity contribution is 6.00. The minimum absolute atomic E-state index is 0.175. The van der Waals surface area contributed by atoms with Gasteiger partial charge < -0.3 is 14.6 Å². The average molecular weight is 388 g/mol. The summed E-state index contributed by atoms with van der Waals surface area (Å²) in [6, 6.07) is 12.7. The molecule has 0 unspecified atom stereocenters. The molecule has 1 aliphatic rings. The van der Waals surface area contributed by atoms with Crippen molar-refractivity contribution in [2.75, 3.05) is 11.9 Å². The summed E-state index contributed by atoms with van der Waals surface area (Å²) in [5, 5.41) is 20.9. The van der Waals surface area contributed by atoms with E-state index in [1.807, 2.05) is 32.1 Å². The van der Waals surface area contributed by atoms with Gasteiger partial charge >= 0.3 is 5.97 Å². The van der Waals surface area contributed by atoms with Crippen molar-refractivity contribution in [2.45, 2.75) is 32.7 Å². The number of aryl methyl sites for hydroxylation is 1. The van der Waals surface area contributed by atoms with Crippen molar-refractivity contribution in [1.82, 2.24) is 4.57 Å². The average Bonchev–Trinajstić information content (AvgIpc) is 3.50. The quantitative estimate of drug-likeness (QED) is 0.463. The second-order valence-electron chi connectivity index (χ2n) is 6.88. The minimum Gasteiger partial charge on any atom is -0.451 e. The van der Waals surface area contributed by atoms with Gasteiger partial charge in [-0.1, -0.05) is 12.1 Å². The predicted octanol–water partition coefficient (Wildman–Crippen LogP) is 3.40. The lowest BCUT2D eigenvalue weighted by molar-refractivity contribution is -0.142. The second kappa shape index (κ2) is 8.45. The third-order valence-corrected chi connectivity index (χ3v) is 4.73. The summed E-state index contributed by atoms with van der Waals surface area (Å²) in [6.07, 6.45) is 3.76. The van der Waals surface area contributed by atoms with E-state index in [-0.39, 0.29) is 5.57 Å². The molecule has 1 fully saturated rings. The molecule has 0 saturated heterocycles. The van der Waals surface area contributed by atoms with E-state index in [1.165, 1.54) is 6.08 Å². The number of anilines is 1. The topological polar surface area (TPSA) is 108 Å². The SMILES string of the molecule is Cc1cc(/C=C(\C#N)C(=O)OCC(=O)Nc2ccccc2C#N)c(C)n1C1CC1. The van der Waals surface area contributed by atoms with E-state index in [9.17, 15) is 14.9 Å². The van der Waals surface area contributed by atoms with Crippen LogP contribution in [-0.2, 0) is 14.3 Å². The monoisotopic (exact) mass is 388 g/mol. The van der Waals surface area contributed by atoms with Crippen LogP contribution in [0.25, 0.3) is 6.08 Å². The molecule has 1 aromatic heterocycles. The van der Waals surface area contributed by atoms with Crippen LogP contribution in [-0.4, -0.2) is 23.1 Å². The Labute approximate surface area is 168 Å². The number of ether oxygens (including phenoxy) is 1. The molecule has 3 rings (SSSR count). The van der Waals surface area contributed by atoms with Gasteiger partial charge in [0.25, 0.3) is 5.91 Å². The summed E-state index contributed by atoms with van der Waals surface area (Å²) in [5.41, 5.74) is 3.32. The minimum atomic E-state index is -0.868. The zero-order valence-electron chi connectivity index (χ0n) is 16.2. The third kappa shape index (κ3) is 4.53. The number of amides is 1. The summed E-state index contributed by atoms with van der Waals surface area (Å²) < 4.78 is 7.19. The van der Waals surface area contributed by atoms with Crippen molar-refractivity contribution in [1.29, 1.82) is 10.5 Å². The van der Waals surface area contributed by atoms with Crippen molar-refractivity contribution >= 4 is 23.6 Å². The van der Waals surface area contributed by atoms with Crippen LogP contribution in [0.2, 0.25) is 0 Å². The van der Waals surface area contributed by atoms with Gasteiger partial charge in [0.05, 0.1) is 11.3 Å².